The lowest BCUT2D eigenvalue weighted by Gasteiger charge is -2.16. The molecule has 1 fully saturated rings. The molecule has 3 aromatic rings. The standard InChI is InChI=1S/C23H28N4O3S2/c1-14-18-15(2)24-22(23(3,4)5)26-21(18)31-19(14)20(28)25-16-8-10-17(11-9-16)32(29,30)27-12-6-7-13-27/h8-11H,6-7,12-13H2,1-5H3,(H,25,28). The predicted octanol–water partition coefficient (Wildman–Crippen LogP) is 4.64. The number of carbonyl (C=O) groups excluding carboxylic acids is 1. The van der Waals surface area contributed by atoms with Gasteiger partial charge in [-0.05, 0) is 56.5 Å². The van der Waals surface area contributed by atoms with E-state index in [1.807, 2.05) is 13.8 Å². The van der Waals surface area contributed by atoms with Gasteiger partial charge in [0.2, 0.25) is 10.0 Å². The molecule has 0 atom stereocenters. The first-order chi connectivity index (χ1) is 15.0. The van der Waals surface area contributed by atoms with E-state index in [4.69, 9.17) is 4.98 Å². The van der Waals surface area contributed by atoms with Gasteiger partial charge in [-0.15, -0.1) is 11.3 Å². The Morgan fingerprint density at radius 2 is 1.69 bits per heavy atom. The first kappa shape index (κ1) is 22.8. The molecule has 0 radical (unpaired) electrons. The second kappa shape index (κ2) is 8.20. The number of hydrogen-bond donors (Lipinski definition) is 1. The fourth-order valence-corrected chi connectivity index (χ4v) is 6.51. The maximum absolute atomic E-state index is 13.0. The van der Waals surface area contributed by atoms with Crippen molar-refractivity contribution in [2.75, 3.05) is 18.4 Å². The third-order valence-electron chi connectivity index (χ3n) is 5.66. The Hall–Kier alpha value is -2.36. The molecule has 1 aliphatic rings. The molecular weight excluding hydrogens is 444 g/mol. The molecule has 0 saturated carbocycles. The number of aryl methyl sites for hydroxylation is 2. The number of rotatable bonds is 4. The smallest absolute Gasteiger partial charge is 0.266 e. The summed E-state index contributed by atoms with van der Waals surface area (Å²) in [6, 6.07) is 6.36. The van der Waals surface area contributed by atoms with Crippen LogP contribution < -0.4 is 5.32 Å². The van der Waals surface area contributed by atoms with Gasteiger partial charge in [-0.25, -0.2) is 18.4 Å². The highest BCUT2D eigenvalue weighted by molar-refractivity contribution is 7.89. The normalized spacial score (nSPS) is 15.4. The molecule has 170 valence electrons. The molecule has 0 unspecified atom stereocenters. The molecule has 32 heavy (non-hydrogen) atoms. The number of thiophene rings is 1. The van der Waals surface area contributed by atoms with Gasteiger partial charge in [0, 0.05) is 29.6 Å². The molecule has 1 aliphatic heterocycles. The molecule has 0 bridgehead atoms. The summed E-state index contributed by atoms with van der Waals surface area (Å²) in [6.45, 7) is 11.2. The van der Waals surface area contributed by atoms with Crippen LogP contribution in [0.4, 0.5) is 5.69 Å². The van der Waals surface area contributed by atoms with Crippen LogP contribution in [-0.2, 0) is 15.4 Å². The summed E-state index contributed by atoms with van der Waals surface area (Å²) in [5, 5.41) is 3.80. The van der Waals surface area contributed by atoms with Crippen LogP contribution in [0.2, 0.25) is 0 Å². The zero-order valence-corrected chi connectivity index (χ0v) is 20.7. The first-order valence-electron chi connectivity index (χ1n) is 10.7. The quantitative estimate of drug-likeness (QED) is 0.597. The molecule has 1 amide bonds. The number of amides is 1. The van der Waals surface area contributed by atoms with Crippen molar-refractivity contribution in [2.45, 2.75) is 57.8 Å². The van der Waals surface area contributed by atoms with Crippen LogP contribution >= 0.6 is 11.3 Å². The Kier molecular flexibility index (Phi) is 5.85. The highest BCUT2D eigenvalue weighted by Crippen LogP contribution is 2.33. The zero-order chi connectivity index (χ0) is 23.3. The van der Waals surface area contributed by atoms with E-state index < -0.39 is 10.0 Å². The van der Waals surface area contributed by atoms with E-state index in [2.05, 4.69) is 31.1 Å². The Balaban J connectivity index is 1.59. The number of nitrogens with zero attached hydrogens (tertiary/aromatic N) is 3. The van der Waals surface area contributed by atoms with E-state index in [9.17, 15) is 13.2 Å². The summed E-state index contributed by atoms with van der Waals surface area (Å²) in [5.41, 5.74) is 2.08. The van der Waals surface area contributed by atoms with Crippen LogP contribution in [0.1, 0.15) is 60.4 Å². The Morgan fingerprint density at radius 3 is 2.28 bits per heavy atom. The minimum Gasteiger partial charge on any atom is -0.321 e. The predicted molar refractivity (Wildman–Crippen MR) is 128 cm³/mol. The van der Waals surface area contributed by atoms with Crippen molar-refractivity contribution in [2.24, 2.45) is 0 Å². The van der Waals surface area contributed by atoms with Crippen molar-refractivity contribution in [3.63, 3.8) is 0 Å². The molecule has 1 N–H and O–H groups in total. The van der Waals surface area contributed by atoms with Crippen molar-refractivity contribution in [3.05, 3.63) is 46.2 Å². The Morgan fingerprint density at radius 1 is 1.06 bits per heavy atom. The molecule has 3 heterocycles. The Labute approximate surface area is 192 Å². The van der Waals surface area contributed by atoms with Gasteiger partial charge in [0.05, 0.1) is 15.5 Å². The zero-order valence-electron chi connectivity index (χ0n) is 19.0. The third kappa shape index (κ3) is 4.16. The van der Waals surface area contributed by atoms with Gasteiger partial charge >= 0.3 is 0 Å². The Bertz CT molecular complexity index is 1280. The van der Waals surface area contributed by atoms with Gasteiger partial charge in [0.25, 0.3) is 5.91 Å². The van der Waals surface area contributed by atoms with E-state index in [0.717, 1.165) is 40.1 Å². The largest absolute Gasteiger partial charge is 0.321 e. The second-order valence-electron chi connectivity index (χ2n) is 9.21. The van der Waals surface area contributed by atoms with Gasteiger partial charge in [0.15, 0.2) is 0 Å². The van der Waals surface area contributed by atoms with E-state index in [0.29, 0.717) is 23.7 Å². The molecule has 0 spiro atoms. The summed E-state index contributed by atoms with van der Waals surface area (Å²) < 4.78 is 26.9. The first-order valence-corrected chi connectivity index (χ1v) is 12.9. The van der Waals surface area contributed by atoms with Crippen molar-refractivity contribution < 1.29 is 13.2 Å². The number of hydrogen-bond acceptors (Lipinski definition) is 6. The number of nitrogens with one attached hydrogen (secondary N) is 1. The number of carbonyl (C=O) groups is 1. The van der Waals surface area contributed by atoms with Gasteiger partial charge < -0.3 is 5.32 Å². The number of aromatic nitrogens is 2. The summed E-state index contributed by atoms with van der Waals surface area (Å²) >= 11 is 1.35. The van der Waals surface area contributed by atoms with Crippen molar-refractivity contribution >= 4 is 43.2 Å². The van der Waals surface area contributed by atoms with Crippen LogP contribution in [0.3, 0.4) is 0 Å². The SMILES string of the molecule is Cc1nc(C(C)(C)C)nc2sc(C(=O)Nc3ccc(S(=O)(=O)N4CCCC4)cc3)c(C)c12. The fourth-order valence-electron chi connectivity index (χ4n) is 3.87. The van der Waals surface area contributed by atoms with Gasteiger partial charge in [-0.1, -0.05) is 20.8 Å². The molecule has 1 saturated heterocycles. The van der Waals surface area contributed by atoms with Crippen LogP contribution in [0.15, 0.2) is 29.2 Å². The molecule has 9 heteroatoms. The lowest BCUT2D eigenvalue weighted by atomic mass is 9.95. The van der Waals surface area contributed by atoms with Gasteiger partial charge in [0.1, 0.15) is 10.7 Å². The van der Waals surface area contributed by atoms with Gasteiger partial charge in [-0.3, -0.25) is 4.79 Å². The van der Waals surface area contributed by atoms with Gasteiger partial charge in [-0.2, -0.15) is 4.31 Å². The summed E-state index contributed by atoms with van der Waals surface area (Å²) in [5.74, 6) is 0.517. The van der Waals surface area contributed by atoms with E-state index in [-0.39, 0.29) is 16.2 Å². The average Bonchev–Trinajstić information content (AvgIpc) is 3.37. The summed E-state index contributed by atoms with van der Waals surface area (Å²) in [4.78, 5) is 24.0. The van der Waals surface area contributed by atoms with Crippen molar-refractivity contribution in [1.29, 1.82) is 0 Å². The van der Waals surface area contributed by atoms with E-state index >= 15 is 0 Å². The molecule has 4 rings (SSSR count). The van der Waals surface area contributed by atoms with Crippen LogP contribution in [0.25, 0.3) is 10.2 Å². The maximum Gasteiger partial charge on any atom is 0.266 e. The van der Waals surface area contributed by atoms with Crippen LogP contribution in [-0.4, -0.2) is 41.7 Å². The third-order valence-corrected chi connectivity index (χ3v) is 8.76. The lowest BCUT2D eigenvalue weighted by molar-refractivity contribution is 0.103. The van der Waals surface area contributed by atoms with Crippen molar-refractivity contribution in [1.82, 2.24) is 14.3 Å². The van der Waals surface area contributed by atoms with Crippen LogP contribution in [0, 0.1) is 13.8 Å². The minimum atomic E-state index is -3.47. The fraction of sp³-hybridized carbons (Fsp3) is 0.435. The highest BCUT2D eigenvalue weighted by Gasteiger charge is 2.27. The number of sulfonamides is 1. The van der Waals surface area contributed by atoms with E-state index in [1.165, 1.54) is 15.6 Å². The lowest BCUT2D eigenvalue weighted by Crippen LogP contribution is -2.27. The molecule has 1 aromatic carbocycles. The molecule has 7 nitrogen and oxygen atoms in total. The summed E-state index contributed by atoms with van der Waals surface area (Å²) in [7, 11) is -3.47. The highest BCUT2D eigenvalue weighted by atomic mass is 32.2. The van der Waals surface area contributed by atoms with E-state index in [1.54, 1.807) is 24.3 Å². The minimum absolute atomic E-state index is 0.184. The molecule has 2 aromatic heterocycles. The number of benzene rings is 1. The number of fused-ring (bicyclic) bond motifs is 1. The monoisotopic (exact) mass is 472 g/mol. The van der Waals surface area contributed by atoms with Crippen molar-refractivity contribution in [3.8, 4) is 0 Å². The molecule has 0 aliphatic carbocycles. The van der Waals surface area contributed by atoms with Crippen LogP contribution in [0.5, 0.6) is 0 Å². The second-order valence-corrected chi connectivity index (χ2v) is 12.1. The molecular formula is C23H28N4O3S2. The topological polar surface area (TPSA) is 92.3 Å². The average molecular weight is 473 g/mol. The summed E-state index contributed by atoms with van der Waals surface area (Å²) in [6.07, 6.45) is 1.78. The number of anilines is 1. The maximum atomic E-state index is 13.0.